The molecule has 0 heterocycles. The van der Waals surface area contributed by atoms with Crippen LogP contribution in [-0.2, 0) is 0 Å². The number of aryl methyl sites for hydroxylation is 3. The summed E-state index contributed by atoms with van der Waals surface area (Å²) in [5.41, 5.74) is 3.88. The molecule has 136 valence electrons. The van der Waals surface area contributed by atoms with E-state index in [0.717, 1.165) is 12.1 Å². The smallest absolute Gasteiger partial charge is 0.357 e. The fourth-order valence-electron chi connectivity index (χ4n) is 3.55. The Morgan fingerprint density at radius 3 is 1.75 bits per heavy atom. The van der Waals surface area contributed by atoms with Gasteiger partial charge in [0.15, 0.2) is 0 Å². The highest BCUT2D eigenvalue weighted by molar-refractivity contribution is 6.52. The van der Waals surface area contributed by atoms with Crippen molar-refractivity contribution in [3.8, 4) is 5.75 Å². The number of benzene rings is 1. The van der Waals surface area contributed by atoms with Crippen molar-refractivity contribution in [2.24, 2.45) is 0 Å². The van der Waals surface area contributed by atoms with Crippen LogP contribution < -0.4 is 4.65 Å². The minimum Gasteiger partial charge on any atom is -0.560 e. The van der Waals surface area contributed by atoms with Gasteiger partial charge in [-0.25, -0.2) is 0 Å². The van der Waals surface area contributed by atoms with Crippen LogP contribution in [0, 0.1) is 20.8 Å². The Hall–Kier alpha value is -0.915. The van der Waals surface area contributed by atoms with Crippen LogP contribution in [0.2, 0.25) is 12.6 Å². The van der Waals surface area contributed by atoms with Gasteiger partial charge in [0.1, 0.15) is 5.75 Å². The van der Waals surface area contributed by atoms with Crippen LogP contribution in [0.4, 0.5) is 0 Å². The molecule has 0 spiro atoms. The summed E-state index contributed by atoms with van der Waals surface area (Å²) in [4.78, 5) is 0. The molecule has 0 aromatic heterocycles. The van der Waals surface area contributed by atoms with Crippen molar-refractivity contribution in [3.05, 3.63) is 28.8 Å². The second-order valence-electron chi connectivity index (χ2n) is 7.49. The maximum atomic E-state index is 6.35. The largest absolute Gasteiger partial charge is 0.560 e. The van der Waals surface area contributed by atoms with Crippen LogP contribution in [-0.4, -0.2) is 6.92 Å². The lowest BCUT2D eigenvalue weighted by molar-refractivity contribution is 0.539. The van der Waals surface area contributed by atoms with Crippen LogP contribution in [0.5, 0.6) is 5.75 Å². The van der Waals surface area contributed by atoms with Crippen molar-refractivity contribution < 1.29 is 4.65 Å². The number of hydrogen-bond acceptors (Lipinski definition) is 1. The van der Waals surface area contributed by atoms with Crippen molar-refractivity contribution in [1.82, 2.24) is 0 Å². The average Bonchev–Trinajstić information content (AvgIpc) is 2.54. The van der Waals surface area contributed by atoms with Gasteiger partial charge in [0.25, 0.3) is 0 Å². The second kappa shape index (κ2) is 12.4. The van der Waals surface area contributed by atoms with Crippen LogP contribution >= 0.6 is 0 Å². The molecule has 1 rings (SSSR count). The van der Waals surface area contributed by atoms with Crippen molar-refractivity contribution in [3.63, 3.8) is 0 Å². The molecule has 1 aromatic rings. The van der Waals surface area contributed by atoms with E-state index in [9.17, 15) is 0 Å². The Balaban J connectivity index is 2.24. The zero-order chi connectivity index (χ0) is 17.8. The summed E-state index contributed by atoms with van der Waals surface area (Å²) in [6.45, 7) is 11.4. The predicted octanol–water partition coefficient (Wildman–Crippen LogP) is 7.53. The Morgan fingerprint density at radius 1 is 0.750 bits per heavy atom. The lowest BCUT2D eigenvalue weighted by Crippen LogP contribution is -2.21. The van der Waals surface area contributed by atoms with E-state index >= 15 is 0 Å². The number of hydrogen-bond donors (Lipinski definition) is 0. The van der Waals surface area contributed by atoms with Gasteiger partial charge in [-0.2, -0.15) is 0 Å². The van der Waals surface area contributed by atoms with Gasteiger partial charge in [0, 0.05) is 0 Å². The van der Waals surface area contributed by atoms with E-state index in [1.807, 2.05) is 0 Å². The summed E-state index contributed by atoms with van der Waals surface area (Å²) in [5.74, 6) is 1.11. The molecule has 24 heavy (non-hydrogen) atoms. The minimum atomic E-state index is 0.370. The second-order valence-corrected chi connectivity index (χ2v) is 7.49. The first-order valence-electron chi connectivity index (χ1n) is 10.3. The van der Waals surface area contributed by atoms with Crippen molar-refractivity contribution in [1.29, 1.82) is 0 Å². The molecule has 0 N–H and O–H groups in total. The van der Waals surface area contributed by atoms with Gasteiger partial charge in [0.2, 0.25) is 0 Å². The van der Waals surface area contributed by atoms with E-state index in [2.05, 4.69) is 46.8 Å². The van der Waals surface area contributed by atoms with Gasteiger partial charge >= 0.3 is 6.92 Å². The minimum absolute atomic E-state index is 0.370. The number of unbranched alkanes of at least 4 members (excludes halogenated alkanes) is 8. The van der Waals surface area contributed by atoms with E-state index in [0.29, 0.717) is 6.92 Å². The summed E-state index contributed by atoms with van der Waals surface area (Å²) in [7, 11) is 0. The third-order valence-electron chi connectivity index (χ3n) is 4.97. The molecule has 0 aliphatic rings. The highest BCUT2D eigenvalue weighted by Crippen LogP contribution is 2.26. The predicted molar refractivity (Wildman–Crippen MR) is 110 cm³/mol. The van der Waals surface area contributed by atoms with Gasteiger partial charge in [-0.1, -0.05) is 89.3 Å². The maximum Gasteiger partial charge on any atom is 0.357 e. The summed E-state index contributed by atoms with van der Waals surface area (Å²) in [6, 6.07) is 4.46. The van der Waals surface area contributed by atoms with E-state index in [1.54, 1.807) is 0 Å². The quantitative estimate of drug-likeness (QED) is 0.268. The van der Waals surface area contributed by atoms with Gasteiger partial charge in [-0.3, -0.25) is 0 Å². The van der Waals surface area contributed by atoms with E-state index in [4.69, 9.17) is 4.65 Å². The first kappa shape index (κ1) is 21.1. The van der Waals surface area contributed by atoms with Gasteiger partial charge in [0.05, 0.1) is 0 Å². The lowest BCUT2D eigenvalue weighted by atomic mass is 9.60. The van der Waals surface area contributed by atoms with Crippen molar-refractivity contribution in [2.75, 3.05) is 0 Å². The molecule has 0 saturated carbocycles. The SMILES string of the molecule is CCCCCCCCCCCB(CC)Oc1c(C)cc(C)cc1C. The lowest BCUT2D eigenvalue weighted by Gasteiger charge is -2.19. The molecule has 1 nitrogen and oxygen atoms in total. The van der Waals surface area contributed by atoms with Crippen molar-refractivity contribution in [2.45, 2.75) is 105 Å². The van der Waals surface area contributed by atoms with Crippen LogP contribution in [0.3, 0.4) is 0 Å². The summed E-state index contributed by atoms with van der Waals surface area (Å²) in [5, 5.41) is 0. The first-order chi connectivity index (χ1) is 11.6. The highest BCUT2D eigenvalue weighted by Gasteiger charge is 2.17. The molecule has 0 saturated heterocycles. The third kappa shape index (κ3) is 8.26. The average molecular weight is 330 g/mol. The van der Waals surface area contributed by atoms with Gasteiger partial charge in [-0.15, -0.1) is 0 Å². The van der Waals surface area contributed by atoms with Gasteiger partial charge < -0.3 is 4.65 Å². The fourth-order valence-corrected chi connectivity index (χ4v) is 3.55. The Bertz CT molecular complexity index is 432. The van der Waals surface area contributed by atoms with Crippen LogP contribution in [0.15, 0.2) is 12.1 Å². The standard InChI is InChI=1S/C22H39BO/c1-6-8-9-10-11-12-13-14-15-16-23(7-2)24-22-20(4)17-19(3)18-21(22)5/h17-18H,6-16H2,1-5H3. The normalized spacial score (nSPS) is 10.9. The van der Waals surface area contributed by atoms with E-state index in [1.165, 1.54) is 80.8 Å². The monoisotopic (exact) mass is 330 g/mol. The zero-order valence-corrected chi connectivity index (χ0v) is 16.9. The third-order valence-corrected chi connectivity index (χ3v) is 4.97. The topological polar surface area (TPSA) is 9.23 Å². The Labute approximate surface area is 151 Å². The molecular weight excluding hydrogens is 291 g/mol. The van der Waals surface area contributed by atoms with E-state index < -0.39 is 0 Å². The highest BCUT2D eigenvalue weighted by atomic mass is 16.4. The Morgan fingerprint density at radius 2 is 1.25 bits per heavy atom. The molecule has 0 unspecified atom stereocenters. The number of rotatable bonds is 13. The molecular formula is C22H39BO. The molecule has 0 radical (unpaired) electrons. The molecule has 0 aliphatic carbocycles. The zero-order valence-electron chi connectivity index (χ0n) is 16.9. The van der Waals surface area contributed by atoms with Gasteiger partial charge in [-0.05, 0) is 44.5 Å². The first-order valence-corrected chi connectivity index (χ1v) is 10.3. The Kier molecular flexibility index (Phi) is 11.0. The molecule has 0 amide bonds. The summed E-state index contributed by atoms with van der Waals surface area (Å²) >= 11 is 0. The molecule has 1 aromatic carbocycles. The molecule has 0 aliphatic heterocycles. The van der Waals surface area contributed by atoms with Crippen LogP contribution in [0.1, 0.15) is 88.3 Å². The molecule has 0 atom stereocenters. The summed E-state index contributed by atoms with van der Waals surface area (Å²) in [6.07, 6.45) is 14.8. The molecule has 2 heteroatoms. The van der Waals surface area contributed by atoms with E-state index in [-0.39, 0.29) is 0 Å². The maximum absolute atomic E-state index is 6.35. The summed E-state index contributed by atoms with van der Waals surface area (Å²) < 4.78 is 6.35. The molecule has 0 fully saturated rings. The molecule has 0 bridgehead atoms. The fraction of sp³-hybridized carbons (Fsp3) is 0.727. The van der Waals surface area contributed by atoms with Crippen molar-refractivity contribution >= 4 is 6.92 Å². The van der Waals surface area contributed by atoms with Crippen LogP contribution in [0.25, 0.3) is 0 Å².